The van der Waals surface area contributed by atoms with Gasteiger partial charge < -0.3 is 5.73 Å². The first-order valence-electron chi connectivity index (χ1n) is 4.64. The van der Waals surface area contributed by atoms with Gasteiger partial charge >= 0.3 is 0 Å². The molecule has 16 heavy (non-hydrogen) atoms. The van der Waals surface area contributed by atoms with Crippen molar-refractivity contribution in [2.24, 2.45) is 0 Å². The first-order valence-corrected chi connectivity index (χ1v) is 6.21. The molecule has 0 spiro atoms. The molecule has 2 N–H and O–H groups in total. The summed E-state index contributed by atoms with van der Waals surface area (Å²) >= 11 is 13.7. The molecular formula is C12H9Cl2NS. The van der Waals surface area contributed by atoms with Gasteiger partial charge in [0.05, 0.1) is 10.0 Å². The van der Waals surface area contributed by atoms with Crippen LogP contribution in [-0.4, -0.2) is 0 Å². The third-order valence-corrected chi connectivity index (χ3v) is 4.03. The van der Waals surface area contributed by atoms with E-state index in [1.165, 1.54) is 11.8 Å². The zero-order chi connectivity index (χ0) is 11.5. The fourth-order valence-electron chi connectivity index (χ4n) is 1.25. The largest absolute Gasteiger partial charge is 0.399 e. The molecule has 0 saturated heterocycles. The summed E-state index contributed by atoms with van der Waals surface area (Å²) in [5.41, 5.74) is 6.29. The highest BCUT2D eigenvalue weighted by atomic mass is 35.5. The molecule has 0 saturated carbocycles. The highest BCUT2D eigenvalue weighted by Gasteiger charge is 2.05. The summed E-state index contributed by atoms with van der Waals surface area (Å²) in [6.07, 6.45) is 0. The van der Waals surface area contributed by atoms with Crippen molar-refractivity contribution in [1.29, 1.82) is 0 Å². The van der Waals surface area contributed by atoms with E-state index in [1.54, 1.807) is 6.07 Å². The predicted octanol–water partition coefficient (Wildman–Crippen LogP) is 4.73. The van der Waals surface area contributed by atoms with Crippen LogP contribution in [0.4, 0.5) is 5.69 Å². The van der Waals surface area contributed by atoms with E-state index < -0.39 is 0 Å². The van der Waals surface area contributed by atoms with E-state index in [2.05, 4.69) is 0 Å². The van der Waals surface area contributed by atoms with Crippen molar-refractivity contribution < 1.29 is 0 Å². The number of hydrogen-bond acceptors (Lipinski definition) is 2. The second kappa shape index (κ2) is 5.00. The molecule has 0 heterocycles. The molecule has 0 unspecified atom stereocenters. The molecule has 82 valence electrons. The first-order chi connectivity index (χ1) is 7.66. The van der Waals surface area contributed by atoms with Crippen LogP contribution in [0, 0.1) is 0 Å². The first kappa shape index (κ1) is 11.6. The summed E-state index contributed by atoms with van der Waals surface area (Å²) in [5, 5.41) is 1.37. The van der Waals surface area contributed by atoms with Crippen molar-refractivity contribution >= 4 is 40.7 Å². The van der Waals surface area contributed by atoms with Gasteiger partial charge in [-0.05, 0) is 30.3 Å². The molecule has 0 aliphatic rings. The zero-order valence-electron chi connectivity index (χ0n) is 8.28. The molecule has 2 rings (SSSR count). The smallest absolute Gasteiger partial charge is 0.0565 e. The highest BCUT2D eigenvalue weighted by Crippen LogP contribution is 2.37. The van der Waals surface area contributed by atoms with Gasteiger partial charge in [0.15, 0.2) is 0 Å². The van der Waals surface area contributed by atoms with Crippen molar-refractivity contribution in [2.75, 3.05) is 5.73 Å². The average Bonchev–Trinajstić information content (AvgIpc) is 2.25. The maximum absolute atomic E-state index is 6.09. The lowest BCUT2D eigenvalue weighted by molar-refractivity contribution is 1.41. The van der Waals surface area contributed by atoms with Crippen LogP contribution in [0.25, 0.3) is 0 Å². The van der Waals surface area contributed by atoms with Crippen molar-refractivity contribution in [3.05, 3.63) is 52.5 Å². The Labute approximate surface area is 109 Å². The van der Waals surface area contributed by atoms with Crippen LogP contribution in [0.1, 0.15) is 0 Å². The van der Waals surface area contributed by atoms with Gasteiger partial charge in [0.2, 0.25) is 0 Å². The van der Waals surface area contributed by atoms with Gasteiger partial charge in [-0.1, -0.05) is 47.1 Å². The summed E-state index contributed by atoms with van der Waals surface area (Å²) in [4.78, 5) is 1.93. The number of nitrogens with two attached hydrogens (primary N) is 1. The van der Waals surface area contributed by atoms with Gasteiger partial charge in [0.1, 0.15) is 0 Å². The van der Waals surface area contributed by atoms with Crippen molar-refractivity contribution in [3.8, 4) is 0 Å². The summed E-state index contributed by atoms with van der Waals surface area (Å²) in [5.74, 6) is 0. The van der Waals surface area contributed by atoms with E-state index in [0.717, 1.165) is 14.8 Å². The Balaban J connectivity index is 2.31. The topological polar surface area (TPSA) is 26.0 Å². The number of nitrogen functional groups attached to an aromatic ring is 1. The highest BCUT2D eigenvalue weighted by molar-refractivity contribution is 7.99. The van der Waals surface area contributed by atoms with Gasteiger partial charge in [-0.2, -0.15) is 0 Å². The number of rotatable bonds is 2. The average molecular weight is 270 g/mol. The van der Waals surface area contributed by atoms with Crippen molar-refractivity contribution in [2.45, 2.75) is 9.79 Å². The van der Waals surface area contributed by atoms with Crippen molar-refractivity contribution in [3.63, 3.8) is 0 Å². The molecule has 0 atom stereocenters. The Morgan fingerprint density at radius 1 is 0.875 bits per heavy atom. The minimum absolute atomic E-state index is 0.643. The summed E-state index contributed by atoms with van der Waals surface area (Å²) in [7, 11) is 0. The van der Waals surface area contributed by atoms with Gasteiger partial charge in [-0.25, -0.2) is 0 Å². The van der Waals surface area contributed by atoms with E-state index in [9.17, 15) is 0 Å². The molecular weight excluding hydrogens is 261 g/mol. The Bertz CT molecular complexity index is 514. The normalized spacial score (nSPS) is 10.4. The lowest BCUT2D eigenvalue weighted by Gasteiger charge is -2.06. The molecule has 1 nitrogen and oxygen atoms in total. The van der Waals surface area contributed by atoms with Gasteiger partial charge in [-0.15, -0.1) is 0 Å². The molecule has 0 aliphatic heterocycles. The standard InChI is InChI=1S/C12H9Cl2NS/c13-9-3-1-2-4-11(9)16-12-6-5-8(15)7-10(12)14/h1-7H,15H2. The van der Waals surface area contributed by atoms with E-state index in [4.69, 9.17) is 28.9 Å². The lowest BCUT2D eigenvalue weighted by Crippen LogP contribution is -1.84. The van der Waals surface area contributed by atoms with Crippen LogP contribution < -0.4 is 5.73 Å². The third-order valence-electron chi connectivity index (χ3n) is 2.01. The van der Waals surface area contributed by atoms with Crippen molar-refractivity contribution in [1.82, 2.24) is 0 Å². The number of anilines is 1. The molecule has 0 radical (unpaired) electrons. The monoisotopic (exact) mass is 269 g/mol. The van der Waals surface area contributed by atoms with E-state index in [0.29, 0.717) is 10.7 Å². The Morgan fingerprint density at radius 2 is 1.56 bits per heavy atom. The maximum Gasteiger partial charge on any atom is 0.0565 e. The number of halogens is 2. The molecule has 0 amide bonds. The van der Waals surface area contributed by atoms with Crippen LogP contribution in [0.15, 0.2) is 52.3 Å². The maximum atomic E-state index is 6.09. The second-order valence-electron chi connectivity index (χ2n) is 3.22. The fourth-order valence-corrected chi connectivity index (χ4v) is 2.64. The molecule has 0 fully saturated rings. The fraction of sp³-hybridized carbons (Fsp3) is 0. The summed E-state index contributed by atoms with van der Waals surface area (Å²) < 4.78 is 0. The Morgan fingerprint density at radius 3 is 2.25 bits per heavy atom. The Kier molecular flexibility index (Phi) is 3.64. The lowest BCUT2D eigenvalue weighted by atomic mass is 10.3. The van der Waals surface area contributed by atoms with Crippen LogP contribution >= 0.6 is 35.0 Å². The molecule has 0 aliphatic carbocycles. The van der Waals surface area contributed by atoms with Crippen LogP contribution in [0.2, 0.25) is 10.0 Å². The van der Waals surface area contributed by atoms with Gasteiger partial charge in [-0.3, -0.25) is 0 Å². The molecule has 2 aromatic rings. The zero-order valence-corrected chi connectivity index (χ0v) is 10.6. The second-order valence-corrected chi connectivity index (χ2v) is 5.12. The number of benzene rings is 2. The quantitative estimate of drug-likeness (QED) is 0.798. The van der Waals surface area contributed by atoms with Gasteiger partial charge in [0.25, 0.3) is 0 Å². The Hall–Kier alpha value is -0.830. The number of hydrogen-bond donors (Lipinski definition) is 1. The summed E-state index contributed by atoms with van der Waals surface area (Å²) in [6.45, 7) is 0. The minimum Gasteiger partial charge on any atom is -0.399 e. The molecule has 0 bridgehead atoms. The van der Waals surface area contributed by atoms with E-state index >= 15 is 0 Å². The SMILES string of the molecule is Nc1ccc(Sc2ccccc2Cl)c(Cl)c1. The third kappa shape index (κ3) is 2.64. The van der Waals surface area contributed by atoms with E-state index in [1.807, 2.05) is 36.4 Å². The van der Waals surface area contributed by atoms with Crippen LogP contribution in [0.3, 0.4) is 0 Å². The van der Waals surface area contributed by atoms with Gasteiger partial charge in [0, 0.05) is 15.5 Å². The predicted molar refractivity (Wildman–Crippen MR) is 71.4 cm³/mol. The minimum atomic E-state index is 0.643. The van der Waals surface area contributed by atoms with Crippen LogP contribution in [-0.2, 0) is 0 Å². The van der Waals surface area contributed by atoms with E-state index in [-0.39, 0.29) is 0 Å². The summed E-state index contributed by atoms with van der Waals surface area (Å²) in [6, 6.07) is 13.1. The molecule has 0 aromatic heterocycles. The van der Waals surface area contributed by atoms with Crippen LogP contribution in [0.5, 0.6) is 0 Å². The molecule has 2 aromatic carbocycles. The molecule has 4 heteroatoms.